The number of rotatable bonds is 13. The smallest absolute Gasteiger partial charge is 0.327 e. The van der Waals surface area contributed by atoms with Crippen LogP contribution in [0.3, 0.4) is 0 Å². The van der Waals surface area contributed by atoms with Crippen molar-refractivity contribution in [1.29, 1.82) is 0 Å². The van der Waals surface area contributed by atoms with Gasteiger partial charge in [0.15, 0.2) is 0 Å². The summed E-state index contributed by atoms with van der Waals surface area (Å²) in [6, 6.07) is 25.6. The fourth-order valence-corrected chi connectivity index (χ4v) is 5.17. The average molecular weight is 549 g/mol. The lowest BCUT2D eigenvalue weighted by Crippen LogP contribution is -2.41. The van der Waals surface area contributed by atoms with Crippen molar-refractivity contribution in [2.24, 2.45) is 5.41 Å². The molecular weight excluding hydrogens is 514 g/mol. The highest BCUT2D eigenvalue weighted by Crippen LogP contribution is 2.44. The molecule has 0 aliphatic heterocycles. The van der Waals surface area contributed by atoms with E-state index < -0.39 is 48.5 Å². The zero-order valence-corrected chi connectivity index (χ0v) is 22.5. The second kappa shape index (κ2) is 13.8. The molecular formula is C27H34O8P2. The molecule has 37 heavy (non-hydrogen) atoms. The highest BCUT2D eigenvalue weighted by molar-refractivity contribution is 7.39. The van der Waals surface area contributed by atoms with Gasteiger partial charge in [0.1, 0.15) is 0 Å². The Morgan fingerprint density at radius 1 is 0.676 bits per heavy atom. The van der Waals surface area contributed by atoms with Gasteiger partial charge in [-0.05, 0) is 27.8 Å². The van der Waals surface area contributed by atoms with Gasteiger partial charge in [-0.1, -0.05) is 92.7 Å². The van der Waals surface area contributed by atoms with Crippen LogP contribution >= 0.6 is 17.2 Å². The SMILES string of the molecule is CC(c1ccccc1)c1ccc(C(O)C(CO)(COP(O)O)COP(O)O)c(C(C)c2ccccc2)c1. The van der Waals surface area contributed by atoms with Crippen molar-refractivity contribution in [2.75, 3.05) is 19.8 Å². The van der Waals surface area contributed by atoms with E-state index in [4.69, 9.17) is 9.05 Å². The van der Waals surface area contributed by atoms with Crippen LogP contribution in [0.1, 0.15) is 59.6 Å². The highest BCUT2D eigenvalue weighted by atomic mass is 31.2. The Labute approximate surface area is 219 Å². The molecule has 6 N–H and O–H groups in total. The summed E-state index contributed by atoms with van der Waals surface area (Å²) in [6.45, 7) is 2.46. The molecule has 0 bridgehead atoms. The zero-order valence-electron chi connectivity index (χ0n) is 20.8. The molecule has 0 heterocycles. The van der Waals surface area contributed by atoms with E-state index in [1.807, 2.05) is 67.6 Å². The van der Waals surface area contributed by atoms with Crippen LogP contribution in [0, 0.1) is 5.41 Å². The van der Waals surface area contributed by atoms with Crippen LogP contribution in [0.15, 0.2) is 78.9 Å². The van der Waals surface area contributed by atoms with Crippen molar-refractivity contribution < 1.29 is 38.8 Å². The molecule has 3 aromatic carbocycles. The number of aliphatic hydroxyl groups is 2. The third-order valence-corrected chi connectivity index (χ3v) is 7.52. The van der Waals surface area contributed by atoms with E-state index in [9.17, 15) is 29.8 Å². The predicted octanol–water partition coefficient (Wildman–Crippen LogP) is 4.46. The maximum Gasteiger partial charge on any atom is 0.327 e. The van der Waals surface area contributed by atoms with Crippen LogP contribution in [0.4, 0.5) is 0 Å². The Balaban J connectivity index is 2.11. The van der Waals surface area contributed by atoms with Gasteiger partial charge in [0, 0.05) is 11.8 Å². The summed E-state index contributed by atoms with van der Waals surface area (Å²) in [5.74, 6) is -0.0735. The molecule has 0 aliphatic rings. The van der Waals surface area contributed by atoms with Crippen LogP contribution in [0.5, 0.6) is 0 Å². The minimum absolute atomic E-state index is 0.0723. The summed E-state index contributed by atoms with van der Waals surface area (Å²) in [4.78, 5) is 37.4. The first-order valence-corrected chi connectivity index (χ1v) is 14.2. The van der Waals surface area contributed by atoms with Crippen LogP contribution < -0.4 is 0 Å². The average Bonchev–Trinajstić information content (AvgIpc) is 2.92. The van der Waals surface area contributed by atoms with Crippen molar-refractivity contribution >= 4 is 17.2 Å². The molecule has 3 atom stereocenters. The largest absolute Gasteiger partial charge is 0.395 e. The van der Waals surface area contributed by atoms with Gasteiger partial charge in [-0.15, -0.1) is 0 Å². The van der Waals surface area contributed by atoms with Gasteiger partial charge >= 0.3 is 17.2 Å². The summed E-state index contributed by atoms with van der Waals surface area (Å²) in [5.41, 5.74) is 2.88. The lowest BCUT2D eigenvalue weighted by Gasteiger charge is -2.37. The van der Waals surface area contributed by atoms with Crippen molar-refractivity contribution in [3.8, 4) is 0 Å². The Kier molecular flexibility index (Phi) is 11.1. The molecule has 8 nitrogen and oxygen atoms in total. The van der Waals surface area contributed by atoms with E-state index in [1.54, 1.807) is 6.07 Å². The Morgan fingerprint density at radius 2 is 1.16 bits per heavy atom. The molecule has 0 amide bonds. The van der Waals surface area contributed by atoms with Crippen LogP contribution in [0.25, 0.3) is 0 Å². The van der Waals surface area contributed by atoms with Crippen molar-refractivity contribution in [3.63, 3.8) is 0 Å². The minimum atomic E-state index is -2.78. The molecule has 0 spiro atoms. The molecule has 10 heteroatoms. The monoisotopic (exact) mass is 548 g/mol. The van der Waals surface area contributed by atoms with Crippen LogP contribution in [-0.4, -0.2) is 49.6 Å². The van der Waals surface area contributed by atoms with E-state index >= 15 is 0 Å². The van der Waals surface area contributed by atoms with Gasteiger partial charge in [-0.2, -0.15) is 0 Å². The molecule has 0 aromatic heterocycles. The molecule has 200 valence electrons. The van der Waals surface area contributed by atoms with E-state index in [2.05, 4.69) is 19.1 Å². The summed E-state index contributed by atoms with van der Waals surface area (Å²) < 4.78 is 10.00. The first-order valence-electron chi connectivity index (χ1n) is 11.8. The first-order chi connectivity index (χ1) is 17.7. The number of aliphatic hydroxyl groups excluding tert-OH is 2. The molecule has 3 unspecified atom stereocenters. The molecule has 3 aromatic rings. The third-order valence-electron chi connectivity index (χ3n) is 6.80. The van der Waals surface area contributed by atoms with Crippen LogP contribution in [0.2, 0.25) is 0 Å². The number of hydrogen-bond acceptors (Lipinski definition) is 8. The Morgan fingerprint density at radius 3 is 1.62 bits per heavy atom. The fraction of sp³-hybridized carbons (Fsp3) is 0.333. The number of hydrogen-bond donors (Lipinski definition) is 6. The quantitative estimate of drug-likeness (QED) is 0.172. The summed E-state index contributed by atoms with van der Waals surface area (Å²) in [6.07, 6.45) is -1.40. The van der Waals surface area contributed by atoms with E-state index in [-0.39, 0.29) is 11.8 Å². The molecule has 0 radical (unpaired) electrons. The summed E-state index contributed by atoms with van der Waals surface area (Å²) >= 11 is 0. The van der Waals surface area contributed by atoms with Crippen molar-refractivity contribution in [3.05, 3.63) is 107 Å². The van der Waals surface area contributed by atoms with E-state index in [1.165, 1.54) is 0 Å². The molecule has 0 saturated carbocycles. The topological polar surface area (TPSA) is 140 Å². The van der Waals surface area contributed by atoms with Gasteiger partial charge in [-0.25, -0.2) is 0 Å². The van der Waals surface area contributed by atoms with Gasteiger partial charge in [0.05, 0.1) is 31.3 Å². The van der Waals surface area contributed by atoms with Gasteiger partial charge in [-0.3, -0.25) is 0 Å². The Hall–Kier alpha value is -1.80. The van der Waals surface area contributed by atoms with E-state index in [0.29, 0.717) is 5.56 Å². The highest BCUT2D eigenvalue weighted by Gasteiger charge is 2.42. The first kappa shape index (κ1) is 29.8. The lowest BCUT2D eigenvalue weighted by molar-refractivity contribution is -0.0770. The minimum Gasteiger partial charge on any atom is -0.395 e. The molecule has 0 aliphatic carbocycles. The molecule has 0 fully saturated rings. The third kappa shape index (κ3) is 7.62. The van der Waals surface area contributed by atoms with Crippen LogP contribution in [-0.2, 0) is 9.05 Å². The van der Waals surface area contributed by atoms with Crippen molar-refractivity contribution in [1.82, 2.24) is 0 Å². The zero-order chi connectivity index (χ0) is 27.0. The van der Waals surface area contributed by atoms with Gasteiger partial charge in [0.2, 0.25) is 0 Å². The standard InChI is InChI=1S/C27H34O8P2/c1-19(21-9-5-3-6-10-21)23-13-14-24(25(15-23)20(2)22-11-7-4-8-12-22)26(29)27(16-28,17-34-36(30)31)18-35-37(32)33/h3-15,19-20,26,28-33H,16-18H2,1-2H3. The number of benzene rings is 3. The predicted molar refractivity (Wildman–Crippen MR) is 143 cm³/mol. The second-order valence-electron chi connectivity index (χ2n) is 9.13. The summed E-state index contributed by atoms with van der Waals surface area (Å²) in [5, 5.41) is 22.0. The van der Waals surface area contributed by atoms with E-state index in [0.717, 1.165) is 22.3 Å². The normalized spacial score (nSPS) is 14.6. The second-order valence-corrected chi connectivity index (χ2v) is 10.7. The van der Waals surface area contributed by atoms with Crippen molar-refractivity contribution in [2.45, 2.75) is 31.8 Å². The molecule has 0 saturated heterocycles. The Bertz CT molecular complexity index is 1090. The maximum atomic E-state index is 11.6. The van der Waals surface area contributed by atoms with Gasteiger partial charge in [0.25, 0.3) is 0 Å². The lowest BCUT2D eigenvalue weighted by atomic mass is 9.76. The fourth-order valence-electron chi connectivity index (χ4n) is 4.42. The molecule has 3 rings (SSSR count). The maximum absolute atomic E-state index is 11.6. The summed E-state index contributed by atoms with van der Waals surface area (Å²) in [7, 11) is -5.57. The van der Waals surface area contributed by atoms with Gasteiger partial charge < -0.3 is 38.8 Å².